The first-order valence-electron chi connectivity index (χ1n) is 11.2. The van der Waals surface area contributed by atoms with Crippen molar-refractivity contribution in [2.75, 3.05) is 6.61 Å². The van der Waals surface area contributed by atoms with Gasteiger partial charge in [-0.3, -0.25) is 0 Å². The molecule has 0 saturated carbocycles. The van der Waals surface area contributed by atoms with Gasteiger partial charge in [-0.1, -0.05) is 0 Å². The Morgan fingerprint density at radius 3 is 2.39 bits per heavy atom. The van der Waals surface area contributed by atoms with Crippen LogP contribution < -0.4 is 0 Å². The van der Waals surface area contributed by atoms with Gasteiger partial charge in [0.1, 0.15) is 11.2 Å². The Kier molecular flexibility index (Phi) is 7.14. The molecule has 4 rings (SSSR count). The lowest BCUT2D eigenvalue weighted by Gasteiger charge is -2.25. The molecule has 190 valence electrons. The second-order valence-electron chi connectivity index (χ2n) is 8.56. The highest BCUT2D eigenvalue weighted by molar-refractivity contribution is 7.98. The molecule has 0 aliphatic rings. The zero-order chi connectivity index (χ0) is 26.1. The summed E-state index contributed by atoms with van der Waals surface area (Å²) in [4.78, 5) is 14.6. The summed E-state index contributed by atoms with van der Waals surface area (Å²) in [6.45, 7) is 5.35. The summed E-state index contributed by atoms with van der Waals surface area (Å²) in [5.41, 5.74) is 0.516. The number of rotatable bonds is 8. The average Bonchev–Trinajstić information content (AvgIpc) is 3.46. The van der Waals surface area contributed by atoms with Crippen molar-refractivity contribution in [2.45, 2.75) is 49.7 Å². The fraction of sp³-hybridized carbons (Fsp3) is 0.320. The van der Waals surface area contributed by atoms with Crippen molar-refractivity contribution in [3.63, 3.8) is 0 Å². The molecule has 0 fully saturated rings. The average molecular weight is 519 g/mol. The van der Waals surface area contributed by atoms with E-state index in [1.807, 2.05) is 48.9 Å². The molecule has 2 heterocycles. The zero-order valence-corrected chi connectivity index (χ0v) is 20.7. The summed E-state index contributed by atoms with van der Waals surface area (Å²) in [7, 11) is 0. The van der Waals surface area contributed by atoms with Gasteiger partial charge in [0.05, 0.1) is 30.2 Å². The van der Waals surface area contributed by atoms with Gasteiger partial charge in [0.25, 0.3) is 0 Å². The largest absolute Gasteiger partial charge is 0.464 e. The normalized spacial score (nSPS) is 12.3. The van der Waals surface area contributed by atoms with Crippen LogP contribution in [-0.4, -0.2) is 37.2 Å². The number of carbonyl (C=O) groups is 1. The van der Waals surface area contributed by atoms with Crippen LogP contribution in [-0.2, 0) is 33.6 Å². The first-order valence-corrected chi connectivity index (χ1v) is 12.2. The van der Waals surface area contributed by atoms with Crippen molar-refractivity contribution >= 4 is 28.6 Å². The number of nitrogens with zero attached hydrogens (tertiary/aromatic N) is 4. The number of thioether (sulfide) groups is 1. The number of aliphatic hydroxyl groups is 1. The van der Waals surface area contributed by atoms with E-state index in [-0.39, 0.29) is 12.6 Å². The number of aromatic nitrogens is 4. The minimum atomic E-state index is -4.43. The molecule has 0 unspecified atom stereocenters. The number of benzene rings is 2. The molecule has 2 aromatic heterocycles. The minimum absolute atomic E-state index is 0.307. The van der Waals surface area contributed by atoms with Gasteiger partial charge in [-0.25, -0.2) is 4.79 Å². The van der Waals surface area contributed by atoms with E-state index in [9.17, 15) is 23.1 Å². The van der Waals surface area contributed by atoms with Crippen LogP contribution in [0.15, 0.2) is 59.6 Å². The molecule has 0 aliphatic heterocycles. The third-order valence-electron chi connectivity index (χ3n) is 5.75. The van der Waals surface area contributed by atoms with Gasteiger partial charge in [0.15, 0.2) is 0 Å². The van der Waals surface area contributed by atoms with Gasteiger partial charge in [-0.15, -0.1) is 11.8 Å². The third-order valence-corrected chi connectivity index (χ3v) is 6.76. The van der Waals surface area contributed by atoms with E-state index in [0.717, 1.165) is 27.9 Å². The summed E-state index contributed by atoms with van der Waals surface area (Å²) in [5.74, 6) is 0.0884. The van der Waals surface area contributed by atoms with Crippen LogP contribution in [0.25, 0.3) is 16.6 Å². The Bertz CT molecular complexity index is 1380. The van der Waals surface area contributed by atoms with Gasteiger partial charge in [-0.2, -0.15) is 28.2 Å². The van der Waals surface area contributed by atoms with Gasteiger partial charge < -0.3 is 14.4 Å². The van der Waals surface area contributed by atoms with Crippen molar-refractivity contribution in [1.29, 1.82) is 0 Å². The monoisotopic (exact) mass is 518 g/mol. The van der Waals surface area contributed by atoms with Crippen molar-refractivity contribution < 1.29 is 27.8 Å². The molecular formula is C25H25F3N4O3S. The summed E-state index contributed by atoms with van der Waals surface area (Å²) in [6.07, 6.45) is -2.57. The fourth-order valence-corrected chi connectivity index (χ4v) is 4.66. The maximum Gasteiger partial charge on any atom is 0.416 e. The standard InChI is InChI=1S/C25H25F3N4O3S/c1-4-35-23(34)24(2,3)31-12-11-16-13-19(9-10-22(16)31)36-15-21-20(14-33)29-32(30-21)18-7-5-17(6-8-18)25(26,27)28/h5-13,33H,4,14-15H2,1-3H3. The van der Waals surface area contributed by atoms with E-state index in [2.05, 4.69) is 10.2 Å². The van der Waals surface area contributed by atoms with Crippen molar-refractivity contribution in [1.82, 2.24) is 19.6 Å². The van der Waals surface area contributed by atoms with Crippen LogP contribution in [0.5, 0.6) is 0 Å². The number of aliphatic hydroxyl groups excluding tert-OH is 1. The molecule has 7 nitrogen and oxygen atoms in total. The maximum absolute atomic E-state index is 12.8. The Morgan fingerprint density at radius 2 is 1.75 bits per heavy atom. The lowest BCUT2D eigenvalue weighted by molar-refractivity contribution is -0.152. The Morgan fingerprint density at radius 1 is 1.06 bits per heavy atom. The van der Waals surface area contributed by atoms with E-state index in [0.29, 0.717) is 29.4 Å². The number of fused-ring (bicyclic) bond motifs is 1. The molecule has 0 amide bonds. The molecule has 1 N–H and O–H groups in total. The predicted octanol–water partition coefficient (Wildman–Crippen LogP) is 5.32. The molecule has 11 heteroatoms. The molecular weight excluding hydrogens is 493 g/mol. The smallest absolute Gasteiger partial charge is 0.416 e. The second-order valence-corrected chi connectivity index (χ2v) is 9.61. The quantitative estimate of drug-likeness (QED) is 0.251. The van der Waals surface area contributed by atoms with Crippen LogP contribution in [0.3, 0.4) is 0 Å². The lowest BCUT2D eigenvalue weighted by Crippen LogP contribution is -2.36. The number of ether oxygens (including phenoxy) is 1. The van der Waals surface area contributed by atoms with Crippen LogP contribution >= 0.6 is 11.8 Å². The molecule has 36 heavy (non-hydrogen) atoms. The maximum atomic E-state index is 12.8. The lowest BCUT2D eigenvalue weighted by atomic mass is 10.1. The van der Waals surface area contributed by atoms with E-state index in [1.54, 1.807) is 6.92 Å². The Labute approximate surface area is 209 Å². The molecule has 0 bridgehead atoms. The summed E-state index contributed by atoms with van der Waals surface area (Å²) < 4.78 is 45.6. The molecule has 0 radical (unpaired) electrons. The number of esters is 1. The fourth-order valence-electron chi connectivity index (χ4n) is 3.76. The number of halogens is 3. The highest BCUT2D eigenvalue weighted by atomic mass is 32.2. The van der Waals surface area contributed by atoms with Crippen LogP contribution in [0.2, 0.25) is 0 Å². The number of hydrogen-bond donors (Lipinski definition) is 1. The minimum Gasteiger partial charge on any atom is -0.464 e. The SMILES string of the molecule is CCOC(=O)C(C)(C)n1ccc2cc(SCc3nn(-c4ccc(C(F)(F)F)cc4)nc3CO)ccc21. The highest BCUT2D eigenvalue weighted by Gasteiger charge is 2.32. The number of alkyl halides is 3. The first kappa shape index (κ1) is 25.8. The molecule has 0 aliphatic carbocycles. The van der Waals surface area contributed by atoms with E-state index < -0.39 is 17.3 Å². The molecule has 0 atom stereocenters. The van der Waals surface area contributed by atoms with E-state index >= 15 is 0 Å². The summed E-state index contributed by atoms with van der Waals surface area (Å²) in [5, 5.41) is 19.3. The van der Waals surface area contributed by atoms with Gasteiger partial charge in [0.2, 0.25) is 0 Å². The van der Waals surface area contributed by atoms with Crippen molar-refractivity contribution in [3.05, 3.63) is 71.7 Å². The van der Waals surface area contributed by atoms with Crippen LogP contribution in [0, 0.1) is 0 Å². The third kappa shape index (κ3) is 5.12. The van der Waals surface area contributed by atoms with Gasteiger partial charge in [-0.05, 0) is 69.3 Å². The van der Waals surface area contributed by atoms with Gasteiger partial charge in [0, 0.05) is 27.7 Å². The van der Waals surface area contributed by atoms with Gasteiger partial charge >= 0.3 is 12.1 Å². The summed E-state index contributed by atoms with van der Waals surface area (Å²) in [6, 6.07) is 12.3. The number of hydrogen-bond acceptors (Lipinski definition) is 6. The summed E-state index contributed by atoms with van der Waals surface area (Å²) >= 11 is 1.49. The van der Waals surface area contributed by atoms with Crippen molar-refractivity contribution in [3.8, 4) is 5.69 Å². The van der Waals surface area contributed by atoms with Crippen molar-refractivity contribution in [2.24, 2.45) is 0 Å². The second kappa shape index (κ2) is 9.98. The van der Waals surface area contributed by atoms with E-state index in [4.69, 9.17) is 4.74 Å². The topological polar surface area (TPSA) is 82.2 Å². The zero-order valence-electron chi connectivity index (χ0n) is 19.9. The molecule has 0 spiro atoms. The molecule has 2 aromatic carbocycles. The molecule has 0 saturated heterocycles. The predicted molar refractivity (Wildman–Crippen MR) is 130 cm³/mol. The molecule has 4 aromatic rings. The Hall–Kier alpha value is -3.31. The Balaban J connectivity index is 1.52. The van der Waals surface area contributed by atoms with E-state index in [1.165, 1.54) is 28.7 Å². The first-order chi connectivity index (χ1) is 17.0. The van der Waals surface area contributed by atoms with Crippen LogP contribution in [0.4, 0.5) is 13.2 Å². The van der Waals surface area contributed by atoms with Crippen LogP contribution in [0.1, 0.15) is 37.7 Å². The highest BCUT2D eigenvalue weighted by Crippen LogP contribution is 2.32. The number of carbonyl (C=O) groups excluding carboxylic acids is 1.